The molecule has 0 aromatic carbocycles. The summed E-state index contributed by atoms with van der Waals surface area (Å²) >= 11 is 0. The van der Waals surface area contributed by atoms with Crippen molar-refractivity contribution in [1.82, 2.24) is 0 Å². The van der Waals surface area contributed by atoms with E-state index >= 15 is 0 Å². The number of likely N-dealkylation sites (N-methyl/N-ethyl adjacent to an activating group) is 1. The number of hydrogen-bond acceptors (Lipinski definition) is 4. The van der Waals surface area contributed by atoms with Gasteiger partial charge in [-0.15, -0.1) is 0 Å². The summed E-state index contributed by atoms with van der Waals surface area (Å²) in [5.74, 6) is -0.326. The summed E-state index contributed by atoms with van der Waals surface area (Å²) in [4.78, 5) is 23.1. The lowest BCUT2D eigenvalue weighted by Crippen LogP contribution is -3.00. The van der Waals surface area contributed by atoms with E-state index in [0.717, 1.165) is 36.8 Å². The zero-order chi connectivity index (χ0) is 24.8. The molecule has 0 saturated carbocycles. The number of hydrogen-bond donors (Lipinski definition) is 0. The van der Waals surface area contributed by atoms with Gasteiger partial charge in [-0.05, 0) is 19.8 Å². The molecule has 204 valence electrons. The summed E-state index contributed by atoms with van der Waals surface area (Å²) in [7, 11) is 4.29. The highest BCUT2D eigenvalue weighted by atomic mass is 79.9. The van der Waals surface area contributed by atoms with Gasteiger partial charge in [-0.3, -0.25) is 9.59 Å². The lowest BCUT2D eigenvalue weighted by Gasteiger charge is -2.33. The number of unbranched alkanes of at least 4 members (excludes halogenated alkanes) is 13. The van der Waals surface area contributed by atoms with Gasteiger partial charge in [0.15, 0.2) is 6.10 Å². The Balaban J connectivity index is 0. The van der Waals surface area contributed by atoms with Crippen LogP contribution >= 0.6 is 0 Å². The van der Waals surface area contributed by atoms with E-state index in [-0.39, 0.29) is 35.0 Å². The Morgan fingerprint density at radius 1 is 0.735 bits per heavy atom. The maximum atomic E-state index is 11.6. The molecule has 34 heavy (non-hydrogen) atoms. The molecular formula is C28H56BrNO4. The van der Waals surface area contributed by atoms with Gasteiger partial charge in [-0.25, -0.2) is 0 Å². The van der Waals surface area contributed by atoms with Crippen molar-refractivity contribution in [2.24, 2.45) is 0 Å². The summed E-state index contributed by atoms with van der Waals surface area (Å²) in [6.07, 6.45) is 21.0. The van der Waals surface area contributed by atoms with Crippen LogP contribution < -0.4 is 17.0 Å². The molecule has 0 aromatic heterocycles. The van der Waals surface area contributed by atoms with E-state index in [1.807, 2.05) is 6.92 Å². The molecule has 0 spiro atoms. The van der Waals surface area contributed by atoms with Crippen molar-refractivity contribution >= 4 is 11.9 Å². The van der Waals surface area contributed by atoms with Crippen LogP contribution in [0.5, 0.6) is 0 Å². The quantitative estimate of drug-likeness (QED) is 0.109. The number of rotatable bonds is 23. The Labute approximate surface area is 222 Å². The molecular weight excluding hydrogens is 494 g/mol. The minimum absolute atomic E-state index is 0. The van der Waals surface area contributed by atoms with Crippen molar-refractivity contribution in [1.29, 1.82) is 0 Å². The fraction of sp³-hybridized carbons (Fsp3) is 0.929. The monoisotopic (exact) mass is 549 g/mol. The lowest BCUT2D eigenvalue weighted by atomic mass is 10.0. The summed E-state index contributed by atoms with van der Waals surface area (Å²) < 4.78 is 11.4. The number of quaternary nitrogens is 1. The van der Waals surface area contributed by atoms with Crippen LogP contribution in [0.4, 0.5) is 0 Å². The molecule has 0 heterocycles. The van der Waals surface area contributed by atoms with Crippen LogP contribution in [0.15, 0.2) is 0 Å². The van der Waals surface area contributed by atoms with Gasteiger partial charge in [0.2, 0.25) is 0 Å². The molecule has 0 fully saturated rings. The first kappa shape index (κ1) is 35.5. The third-order valence-electron chi connectivity index (χ3n) is 6.36. The minimum atomic E-state index is -0.197. The highest BCUT2D eigenvalue weighted by Gasteiger charge is 2.24. The molecule has 0 rings (SSSR count). The van der Waals surface area contributed by atoms with E-state index in [0.29, 0.717) is 13.0 Å². The predicted molar refractivity (Wildman–Crippen MR) is 138 cm³/mol. The predicted octanol–water partition coefficient (Wildman–Crippen LogP) is 4.21. The van der Waals surface area contributed by atoms with Crippen LogP contribution in [0, 0.1) is 0 Å². The summed E-state index contributed by atoms with van der Waals surface area (Å²) in [5, 5.41) is 0. The van der Waals surface area contributed by atoms with Gasteiger partial charge in [0.1, 0.15) is 6.54 Å². The number of halogens is 1. The molecule has 1 unspecified atom stereocenters. The van der Waals surface area contributed by atoms with Crippen molar-refractivity contribution in [2.75, 3.05) is 33.8 Å². The molecule has 0 aliphatic heterocycles. The molecule has 0 radical (unpaired) electrons. The number of nitrogens with zero attached hydrogens (tertiary/aromatic N) is 1. The summed E-state index contributed by atoms with van der Waals surface area (Å²) in [6, 6.07) is 0. The van der Waals surface area contributed by atoms with Gasteiger partial charge in [-0.1, -0.05) is 90.4 Å². The van der Waals surface area contributed by atoms with E-state index in [4.69, 9.17) is 9.47 Å². The molecule has 1 atom stereocenters. The number of carbonyl (C=O) groups excluding carboxylic acids is 2. The minimum Gasteiger partial charge on any atom is -1.00 e. The first-order valence-corrected chi connectivity index (χ1v) is 14.0. The van der Waals surface area contributed by atoms with Crippen molar-refractivity contribution < 1.29 is 40.5 Å². The van der Waals surface area contributed by atoms with E-state index < -0.39 is 0 Å². The first-order valence-electron chi connectivity index (χ1n) is 14.0. The molecule has 0 aliphatic rings. The summed E-state index contributed by atoms with van der Waals surface area (Å²) in [6.45, 7) is 7.70. The Kier molecular flexibility index (Phi) is 25.2. The van der Waals surface area contributed by atoms with Crippen LogP contribution in [-0.2, 0) is 19.1 Å². The largest absolute Gasteiger partial charge is 1.00 e. The molecule has 5 nitrogen and oxygen atoms in total. The second-order valence-corrected chi connectivity index (χ2v) is 10.4. The zero-order valence-corrected chi connectivity index (χ0v) is 24.8. The second-order valence-electron chi connectivity index (χ2n) is 10.4. The normalized spacial score (nSPS) is 12.1. The molecule has 0 N–H and O–H groups in total. The smallest absolute Gasteiger partial charge is 0.305 e. The average molecular weight is 551 g/mol. The van der Waals surface area contributed by atoms with E-state index in [2.05, 4.69) is 21.0 Å². The van der Waals surface area contributed by atoms with E-state index in [1.54, 1.807) is 0 Å². The number of esters is 2. The van der Waals surface area contributed by atoms with Gasteiger partial charge in [0.05, 0.1) is 33.7 Å². The maximum absolute atomic E-state index is 11.6. The fourth-order valence-electron chi connectivity index (χ4n) is 4.52. The third kappa shape index (κ3) is 24.5. The van der Waals surface area contributed by atoms with Crippen molar-refractivity contribution in [3.63, 3.8) is 0 Å². The van der Waals surface area contributed by atoms with E-state index in [9.17, 15) is 9.59 Å². The van der Waals surface area contributed by atoms with Gasteiger partial charge in [0, 0.05) is 13.3 Å². The van der Waals surface area contributed by atoms with Gasteiger partial charge in [-0.2, -0.15) is 0 Å². The molecule has 0 saturated heterocycles. The molecule has 0 bridgehead atoms. The van der Waals surface area contributed by atoms with Crippen LogP contribution in [0.1, 0.15) is 130 Å². The number of ether oxygens (including phenoxy) is 2. The molecule has 0 amide bonds. The Morgan fingerprint density at radius 2 is 1.21 bits per heavy atom. The van der Waals surface area contributed by atoms with Gasteiger partial charge in [0.25, 0.3) is 0 Å². The van der Waals surface area contributed by atoms with E-state index in [1.165, 1.54) is 90.4 Å². The second kappa shape index (κ2) is 24.1. The van der Waals surface area contributed by atoms with Crippen molar-refractivity contribution in [3.8, 4) is 0 Å². The molecule has 6 heteroatoms. The highest BCUT2D eigenvalue weighted by Crippen LogP contribution is 2.16. The van der Waals surface area contributed by atoms with Crippen LogP contribution in [0.25, 0.3) is 0 Å². The molecule has 0 aromatic rings. The van der Waals surface area contributed by atoms with Crippen molar-refractivity contribution in [3.05, 3.63) is 0 Å². The first-order chi connectivity index (χ1) is 15.8. The fourth-order valence-corrected chi connectivity index (χ4v) is 4.52. The summed E-state index contributed by atoms with van der Waals surface area (Å²) in [5.41, 5.74) is 0. The standard InChI is InChI=1S/C28H56NO4.BrH/c1-6-8-9-10-11-12-13-14-15-16-17-18-19-20-22-27(33-26(3)30)25-29(4,5)24-21-23-28(31)32-7-2;/h27H,6-25H2,1-5H3;1H/q+1;/p-1. The molecule has 0 aliphatic carbocycles. The number of carbonyl (C=O) groups is 2. The lowest BCUT2D eigenvalue weighted by molar-refractivity contribution is -0.893. The van der Waals surface area contributed by atoms with Crippen LogP contribution in [-0.4, -0.2) is 56.3 Å². The zero-order valence-electron chi connectivity index (χ0n) is 23.2. The van der Waals surface area contributed by atoms with Crippen LogP contribution in [0.3, 0.4) is 0 Å². The Hall–Kier alpha value is -0.620. The van der Waals surface area contributed by atoms with Gasteiger partial charge < -0.3 is 30.9 Å². The highest BCUT2D eigenvalue weighted by molar-refractivity contribution is 5.69. The SMILES string of the molecule is CCCCCCCCCCCCCCCCC(C[N+](C)(C)CCCC(=O)OCC)OC(C)=O.[Br-]. The van der Waals surface area contributed by atoms with Gasteiger partial charge >= 0.3 is 11.9 Å². The third-order valence-corrected chi connectivity index (χ3v) is 6.36. The maximum Gasteiger partial charge on any atom is 0.305 e. The van der Waals surface area contributed by atoms with Crippen molar-refractivity contribution in [2.45, 2.75) is 136 Å². The Bertz CT molecular complexity index is 485. The Morgan fingerprint density at radius 3 is 1.65 bits per heavy atom. The average Bonchev–Trinajstić information content (AvgIpc) is 2.73. The topological polar surface area (TPSA) is 52.6 Å². The van der Waals surface area contributed by atoms with Crippen LogP contribution in [0.2, 0.25) is 0 Å².